The van der Waals surface area contributed by atoms with Crippen LogP contribution in [0.2, 0.25) is 16.6 Å². The van der Waals surface area contributed by atoms with Crippen molar-refractivity contribution in [1.82, 2.24) is 4.90 Å². The van der Waals surface area contributed by atoms with Crippen LogP contribution < -0.4 is 0 Å². The van der Waals surface area contributed by atoms with Gasteiger partial charge in [0.1, 0.15) is 0 Å². The van der Waals surface area contributed by atoms with Crippen LogP contribution >= 0.6 is 0 Å². The molecule has 1 amide bonds. The maximum atomic E-state index is 10.3. The zero-order chi connectivity index (χ0) is 8.15. The molecule has 0 unspecified atom stereocenters. The quantitative estimate of drug-likeness (QED) is 0.709. The Kier molecular flexibility index (Phi) is 4.54. The second-order valence-corrected chi connectivity index (χ2v) is 7.98. The molecule has 0 aliphatic carbocycles. The summed E-state index contributed by atoms with van der Waals surface area (Å²) in [5.41, 5.74) is 4.45. The molecule has 3 nitrogen and oxygen atoms in total. The monoisotopic (exact) mass is 207 g/mol. The molecule has 0 aromatic heterocycles. The van der Waals surface area contributed by atoms with Crippen molar-refractivity contribution in [2.45, 2.75) is 16.6 Å². The van der Waals surface area contributed by atoms with Crippen molar-refractivity contribution in [1.29, 1.82) is 0 Å². The number of hydrogen-bond acceptors (Lipinski definition) is 1. The summed E-state index contributed by atoms with van der Waals surface area (Å²) in [6.45, 7) is 0.697. The molecular weight excluding hydrogens is 193 g/mol. The molecule has 60 valence electrons. The van der Waals surface area contributed by atoms with Gasteiger partial charge < -0.3 is 0 Å². The Bertz CT molecular complexity index is 116. The van der Waals surface area contributed by atoms with Crippen LogP contribution in [-0.2, 0) is 0 Å². The third-order valence-corrected chi connectivity index (χ3v) is 3.51. The van der Waals surface area contributed by atoms with Gasteiger partial charge in [-0.05, 0) is 0 Å². The summed E-state index contributed by atoms with van der Waals surface area (Å²) < 4.78 is 0. The van der Waals surface area contributed by atoms with E-state index in [2.05, 4.69) is 11.4 Å². The standard InChI is InChI=1S/C6H14AsNO2/c1-7(2)4-5-8(3)6(9)10/h4-5H2,1-3H3,(H,9,10). The third-order valence-electron chi connectivity index (χ3n) is 1.21. The SMILES string of the molecule is CN(CC[As](C)C)C(=O)O. The summed E-state index contributed by atoms with van der Waals surface area (Å²) in [4.78, 5) is 11.6. The molecule has 0 aliphatic heterocycles. The van der Waals surface area contributed by atoms with E-state index < -0.39 is 20.7 Å². The van der Waals surface area contributed by atoms with Crippen molar-refractivity contribution in [3.63, 3.8) is 0 Å². The predicted octanol–water partition coefficient (Wildman–Crippen LogP) is 1.35. The van der Waals surface area contributed by atoms with Crippen molar-refractivity contribution in [3.05, 3.63) is 0 Å². The summed E-state index contributed by atoms with van der Waals surface area (Å²) in [7, 11) is 1.61. The van der Waals surface area contributed by atoms with Crippen LogP contribution in [-0.4, -0.2) is 44.3 Å². The molecule has 10 heavy (non-hydrogen) atoms. The third kappa shape index (κ3) is 4.68. The molecule has 0 bridgehead atoms. The molecule has 0 radical (unpaired) electrons. The molecule has 0 saturated heterocycles. The molecule has 0 heterocycles. The minimum atomic E-state index is -0.823. The van der Waals surface area contributed by atoms with E-state index in [0.717, 1.165) is 5.21 Å². The molecule has 0 aliphatic rings. The Morgan fingerprint density at radius 3 is 2.40 bits per heavy atom. The molecule has 0 aromatic rings. The van der Waals surface area contributed by atoms with Crippen molar-refractivity contribution >= 4 is 20.7 Å². The van der Waals surface area contributed by atoms with E-state index in [-0.39, 0.29) is 0 Å². The number of amides is 1. The topological polar surface area (TPSA) is 40.5 Å². The fourth-order valence-electron chi connectivity index (χ4n) is 0.446. The van der Waals surface area contributed by atoms with Gasteiger partial charge in [-0.2, -0.15) is 0 Å². The van der Waals surface area contributed by atoms with Gasteiger partial charge in [-0.15, -0.1) is 0 Å². The predicted molar refractivity (Wildman–Crippen MR) is 42.9 cm³/mol. The zero-order valence-corrected chi connectivity index (χ0v) is 8.54. The molecule has 0 fully saturated rings. The molecule has 0 saturated carbocycles. The van der Waals surface area contributed by atoms with Crippen LogP contribution in [0.4, 0.5) is 4.79 Å². The molecule has 0 aromatic carbocycles. The Morgan fingerprint density at radius 2 is 2.10 bits per heavy atom. The van der Waals surface area contributed by atoms with Gasteiger partial charge in [0.15, 0.2) is 0 Å². The molecule has 0 atom stereocenters. The van der Waals surface area contributed by atoms with E-state index in [0.29, 0.717) is 6.54 Å². The Balaban J connectivity index is 3.40. The number of carbonyl (C=O) groups is 1. The Labute approximate surface area is 66.3 Å². The van der Waals surface area contributed by atoms with E-state index in [1.807, 2.05) is 0 Å². The van der Waals surface area contributed by atoms with Gasteiger partial charge >= 0.3 is 65.8 Å². The first kappa shape index (κ1) is 9.83. The summed E-state index contributed by atoms with van der Waals surface area (Å²) >= 11 is -0.630. The summed E-state index contributed by atoms with van der Waals surface area (Å²) in [5, 5.41) is 9.52. The van der Waals surface area contributed by atoms with Gasteiger partial charge in [0.25, 0.3) is 0 Å². The maximum absolute atomic E-state index is 10.3. The van der Waals surface area contributed by atoms with Crippen LogP contribution in [0.1, 0.15) is 0 Å². The number of hydrogen-bond donors (Lipinski definition) is 1. The first-order chi connectivity index (χ1) is 4.54. The van der Waals surface area contributed by atoms with Crippen molar-refractivity contribution < 1.29 is 9.90 Å². The zero-order valence-electron chi connectivity index (χ0n) is 6.66. The molecule has 1 N–H and O–H groups in total. The molecule has 0 rings (SSSR count). The first-order valence-corrected chi connectivity index (χ1v) is 8.21. The Hall–Kier alpha value is -0.172. The minimum absolute atomic E-state index is 0.630. The van der Waals surface area contributed by atoms with E-state index in [4.69, 9.17) is 5.11 Å². The number of nitrogens with zero attached hydrogens (tertiary/aromatic N) is 1. The molecule has 4 heteroatoms. The van der Waals surface area contributed by atoms with Gasteiger partial charge in [-0.25, -0.2) is 0 Å². The summed E-state index contributed by atoms with van der Waals surface area (Å²) in [6.07, 6.45) is -0.823. The van der Waals surface area contributed by atoms with E-state index in [1.54, 1.807) is 7.05 Å². The summed E-state index contributed by atoms with van der Waals surface area (Å²) in [6, 6.07) is 0. The van der Waals surface area contributed by atoms with Crippen LogP contribution in [0.25, 0.3) is 0 Å². The van der Waals surface area contributed by atoms with Gasteiger partial charge in [0, 0.05) is 0 Å². The fourth-order valence-corrected chi connectivity index (χ4v) is 1.91. The second-order valence-electron chi connectivity index (χ2n) is 2.51. The molecular formula is C6H14AsNO2. The Morgan fingerprint density at radius 1 is 1.60 bits per heavy atom. The van der Waals surface area contributed by atoms with Crippen LogP contribution in [0.3, 0.4) is 0 Å². The number of carboxylic acid groups (broad SMARTS) is 1. The average Bonchev–Trinajstić information content (AvgIpc) is 1.82. The van der Waals surface area contributed by atoms with Crippen molar-refractivity contribution in [2.75, 3.05) is 13.6 Å². The van der Waals surface area contributed by atoms with Gasteiger partial charge in [-0.3, -0.25) is 0 Å². The van der Waals surface area contributed by atoms with Gasteiger partial charge in [-0.1, -0.05) is 0 Å². The van der Waals surface area contributed by atoms with Crippen LogP contribution in [0.15, 0.2) is 0 Å². The van der Waals surface area contributed by atoms with Gasteiger partial charge in [0.2, 0.25) is 0 Å². The normalized spacial score (nSPS) is 10.0. The second kappa shape index (κ2) is 4.61. The van der Waals surface area contributed by atoms with Crippen LogP contribution in [0.5, 0.6) is 0 Å². The average molecular weight is 207 g/mol. The van der Waals surface area contributed by atoms with Crippen molar-refractivity contribution in [2.24, 2.45) is 0 Å². The first-order valence-electron chi connectivity index (χ1n) is 3.13. The fraction of sp³-hybridized carbons (Fsp3) is 0.833. The van der Waals surface area contributed by atoms with E-state index in [1.165, 1.54) is 4.90 Å². The number of rotatable bonds is 3. The van der Waals surface area contributed by atoms with E-state index >= 15 is 0 Å². The van der Waals surface area contributed by atoms with E-state index in [9.17, 15) is 4.79 Å². The van der Waals surface area contributed by atoms with Gasteiger partial charge in [0.05, 0.1) is 0 Å². The summed E-state index contributed by atoms with van der Waals surface area (Å²) in [5.74, 6) is 0. The van der Waals surface area contributed by atoms with Crippen LogP contribution in [0, 0.1) is 0 Å². The molecule has 0 spiro atoms. The van der Waals surface area contributed by atoms with Crippen molar-refractivity contribution in [3.8, 4) is 0 Å².